The second-order valence-electron chi connectivity index (χ2n) is 4.52. The predicted molar refractivity (Wildman–Crippen MR) is 72.6 cm³/mol. The van der Waals surface area contributed by atoms with E-state index in [4.69, 9.17) is 8.94 Å². The van der Waals surface area contributed by atoms with Gasteiger partial charge in [0.05, 0.1) is 12.5 Å². The van der Waals surface area contributed by atoms with Gasteiger partial charge in [0, 0.05) is 18.9 Å². The summed E-state index contributed by atoms with van der Waals surface area (Å²) in [5, 5.41) is 10.6. The lowest BCUT2D eigenvalue weighted by Crippen LogP contribution is -2.31. The summed E-state index contributed by atoms with van der Waals surface area (Å²) in [6.45, 7) is 2.04. The molecule has 7 heteroatoms. The van der Waals surface area contributed by atoms with E-state index in [0.29, 0.717) is 17.9 Å². The average Bonchev–Trinajstić information content (AvgIpc) is 3.21. The fourth-order valence-corrected chi connectivity index (χ4v) is 2.07. The number of nitrogens with one attached hydrogen (secondary N) is 1. The summed E-state index contributed by atoms with van der Waals surface area (Å²) in [5.41, 5.74) is 0.425. The van der Waals surface area contributed by atoms with Crippen LogP contribution in [-0.2, 0) is 0 Å². The van der Waals surface area contributed by atoms with Gasteiger partial charge in [0.1, 0.15) is 23.1 Å². The lowest BCUT2D eigenvalue weighted by atomic mass is 10.2. The van der Waals surface area contributed by atoms with Crippen LogP contribution in [0.3, 0.4) is 0 Å². The highest BCUT2D eigenvalue weighted by Crippen LogP contribution is 2.17. The first kappa shape index (κ1) is 13.2. The molecule has 1 atom stereocenters. The Kier molecular flexibility index (Phi) is 3.55. The van der Waals surface area contributed by atoms with Crippen molar-refractivity contribution in [1.82, 2.24) is 20.3 Å². The molecule has 0 aliphatic carbocycles. The van der Waals surface area contributed by atoms with Gasteiger partial charge in [-0.15, -0.1) is 0 Å². The zero-order chi connectivity index (χ0) is 14.7. The van der Waals surface area contributed by atoms with Gasteiger partial charge in [-0.1, -0.05) is 5.16 Å². The first-order valence-electron chi connectivity index (χ1n) is 6.47. The molecule has 0 aliphatic heterocycles. The highest BCUT2D eigenvalue weighted by molar-refractivity contribution is 5.94. The number of amides is 1. The Bertz CT molecular complexity index is 666. The van der Waals surface area contributed by atoms with E-state index in [9.17, 15) is 4.79 Å². The van der Waals surface area contributed by atoms with Gasteiger partial charge in [-0.05, 0) is 25.1 Å². The highest BCUT2D eigenvalue weighted by atomic mass is 16.5. The van der Waals surface area contributed by atoms with Crippen LogP contribution in [0.1, 0.15) is 27.9 Å². The standard InChI is InChI=1S/C14H14N4O3/c1-10-11(8-17-21-10)14(19)15-9-12(13-4-2-7-20-13)18-6-3-5-16-18/h2-8,12H,9H2,1H3,(H,15,19). The maximum absolute atomic E-state index is 12.1. The second kappa shape index (κ2) is 5.66. The van der Waals surface area contributed by atoms with Crippen LogP contribution in [0, 0.1) is 6.92 Å². The van der Waals surface area contributed by atoms with Crippen LogP contribution in [-0.4, -0.2) is 27.4 Å². The fourth-order valence-electron chi connectivity index (χ4n) is 2.07. The van der Waals surface area contributed by atoms with Gasteiger partial charge in [0.15, 0.2) is 0 Å². The van der Waals surface area contributed by atoms with Crippen LogP contribution < -0.4 is 5.32 Å². The number of aromatic nitrogens is 3. The molecule has 0 fully saturated rings. The molecule has 0 radical (unpaired) electrons. The second-order valence-corrected chi connectivity index (χ2v) is 4.52. The molecule has 7 nitrogen and oxygen atoms in total. The van der Waals surface area contributed by atoms with Crippen molar-refractivity contribution in [1.29, 1.82) is 0 Å². The van der Waals surface area contributed by atoms with E-state index in [2.05, 4.69) is 15.6 Å². The number of carbonyl (C=O) groups excluding carboxylic acids is 1. The predicted octanol–water partition coefficient (Wildman–Crippen LogP) is 1.79. The summed E-state index contributed by atoms with van der Waals surface area (Å²) >= 11 is 0. The summed E-state index contributed by atoms with van der Waals surface area (Å²) in [6, 6.07) is 5.27. The van der Waals surface area contributed by atoms with Crippen LogP contribution in [0.25, 0.3) is 0 Å². The van der Waals surface area contributed by atoms with Crippen molar-refractivity contribution >= 4 is 5.91 Å². The minimum Gasteiger partial charge on any atom is -0.467 e. The number of carbonyl (C=O) groups is 1. The minimum absolute atomic E-state index is 0.209. The van der Waals surface area contributed by atoms with Gasteiger partial charge in [0.2, 0.25) is 0 Å². The van der Waals surface area contributed by atoms with Gasteiger partial charge in [-0.3, -0.25) is 9.48 Å². The number of hydrogen-bond acceptors (Lipinski definition) is 5. The Hall–Kier alpha value is -2.83. The maximum Gasteiger partial charge on any atom is 0.256 e. The molecule has 1 amide bonds. The Morgan fingerprint density at radius 2 is 2.38 bits per heavy atom. The summed E-state index contributed by atoms with van der Waals surface area (Å²) in [4.78, 5) is 12.1. The molecular formula is C14H14N4O3. The first-order valence-corrected chi connectivity index (χ1v) is 6.47. The molecule has 0 saturated carbocycles. The third-order valence-electron chi connectivity index (χ3n) is 3.17. The van der Waals surface area contributed by atoms with Crippen molar-refractivity contribution in [2.24, 2.45) is 0 Å². The third-order valence-corrected chi connectivity index (χ3v) is 3.17. The van der Waals surface area contributed by atoms with Gasteiger partial charge >= 0.3 is 0 Å². The minimum atomic E-state index is -0.238. The van der Waals surface area contributed by atoms with Crippen LogP contribution >= 0.6 is 0 Å². The quantitative estimate of drug-likeness (QED) is 0.772. The summed E-state index contributed by atoms with van der Waals surface area (Å²) in [7, 11) is 0. The van der Waals surface area contributed by atoms with Gasteiger partial charge in [-0.2, -0.15) is 5.10 Å². The molecule has 0 bridgehead atoms. The molecule has 1 N–H and O–H groups in total. The van der Waals surface area contributed by atoms with E-state index < -0.39 is 0 Å². The maximum atomic E-state index is 12.1. The molecule has 0 spiro atoms. The normalized spacial score (nSPS) is 12.2. The highest BCUT2D eigenvalue weighted by Gasteiger charge is 2.20. The summed E-state index contributed by atoms with van der Waals surface area (Å²) < 4.78 is 12.0. The molecular weight excluding hydrogens is 272 g/mol. The topological polar surface area (TPSA) is 86.1 Å². The molecule has 0 aliphatic rings. The van der Waals surface area contributed by atoms with E-state index in [0.717, 1.165) is 5.76 Å². The molecule has 1 unspecified atom stereocenters. The molecule has 21 heavy (non-hydrogen) atoms. The monoisotopic (exact) mass is 286 g/mol. The SMILES string of the molecule is Cc1oncc1C(=O)NCC(c1ccco1)n1cccn1. The van der Waals surface area contributed by atoms with E-state index in [1.165, 1.54) is 6.20 Å². The smallest absolute Gasteiger partial charge is 0.256 e. The van der Waals surface area contributed by atoms with E-state index in [-0.39, 0.29) is 11.9 Å². The molecule has 3 rings (SSSR count). The van der Waals surface area contributed by atoms with E-state index in [1.54, 1.807) is 30.1 Å². The summed E-state index contributed by atoms with van der Waals surface area (Å²) in [5.74, 6) is 0.972. The number of aryl methyl sites for hydroxylation is 1. The van der Waals surface area contributed by atoms with Gasteiger partial charge in [0.25, 0.3) is 5.91 Å². The van der Waals surface area contributed by atoms with Crippen molar-refractivity contribution in [3.8, 4) is 0 Å². The molecule has 0 saturated heterocycles. The van der Waals surface area contributed by atoms with Crippen molar-refractivity contribution in [3.05, 3.63) is 60.1 Å². The number of furan rings is 1. The molecule has 3 heterocycles. The fraction of sp³-hybridized carbons (Fsp3) is 0.214. The molecule has 3 aromatic heterocycles. The van der Waals surface area contributed by atoms with E-state index in [1.807, 2.05) is 18.3 Å². The largest absolute Gasteiger partial charge is 0.467 e. The third kappa shape index (κ3) is 2.71. The van der Waals surface area contributed by atoms with Crippen LogP contribution in [0.5, 0.6) is 0 Å². The number of hydrogen-bond donors (Lipinski definition) is 1. The first-order chi connectivity index (χ1) is 10.3. The lowest BCUT2D eigenvalue weighted by molar-refractivity contribution is 0.0946. The zero-order valence-corrected chi connectivity index (χ0v) is 11.4. The molecule has 108 valence electrons. The van der Waals surface area contributed by atoms with Crippen molar-refractivity contribution in [3.63, 3.8) is 0 Å². The van der Waals surface area contributed by atoms with Crippen molar-refractivity contribution < 1.29 is 13.7 Å². The van der Waals surface area contributed by atoms with Crippen LogP contribution in [0.2, 0.25) is 0 Å². The Labute approximate surface area is 120 Å². The number of rotatable bonds is 5. The molecule has 0 aromatic carbocycles. The van der Waals surface area contributed by atoms with Crippen molar-refractivity contribution in [2.75, 3.05) is 6.54 Å². The van der Waals surface area contributed by atoms with Crippen LogP contribution in [0.15, 0.2) is 52.0 Å². The molecule has 3 aromatic rings. The summed E-state index contributed by atoms with van der Waals surface area (Å²) in [6.07, 6.45) is 6.50. The lowest BCUT2D eigenvalue weighted by Gasteiger charge is -2.16. The van der Waals surface area contributed by atoms with Gasteiger partial charge in [-0.25, -0.2) is 0 Å². The Morgan fingerprint density at radius 3 is 3.00 bits per heavy atom. The Balaban J connectivity index is 1.74. The average molecular weight is 286 g/mol. The zero-order valence-electron chi connectivity index (χ0n) is 11.4. The van der Waals surface area contributed by atoms with E-state index >= 15 is 0 Å². The van der Waals surface area contributed by atoms with Gasteiger partial charge < -0.3 is 14.3 Å². The van der Waals surface area contributed by atoms with Crippen molar-refractivity contribution in [2.45, 2.75) is 13.0 Å². The Morgan fingerprint density at radius 1 is 1.48 bits per heavy atom. The van der Waals surface area contributed by atoms with Crippen LogP contribution in [0.4, 0.5) is 0 Å². The number of nitrogens with zero attached hydrogens (tertiary/aromatic N) is 3.